The lowest BCUT2D eigenvalue weighted by atomic mass is 9.79. The van der Waals surface area contributed by atoms with Gasteiger partial charge in [0.2, 0.25) is 17.7 Å². The number of hydrogen-bond donors (Lipinski definition) is 3. The second-order valence-corrected chi connectivity index (χ2v) is 10.2. The van der Waals surface area contributed by atoms with E-state index < -0.39 is 18.1 Å². The number of nitrogens with one attached hydrogen (secondary N) is 3. The second kappa shape index (κ2) is 15.1. The molecule has 3 rings (SSSR count). The highest BCUT2D eigenvalue weighted by Crippen LogP contribution is 2.35. The number of carbonyl (C=O) groups excluding carboxylic acids is 4. The topological polar surface area (TPSA) is 108 Å². The number of nitrogens with zero attached hydrogens (tertiary/aromatic N) is 1. The third-order valence-corrected chi connectivity index (χ3v) is 7.58. The molecule has 9 heteroatoms. The number of likely N-dealkylation sites (tertiary alicyclic amines) is 1. The first-order valence-electron chi connectivity index (χ1n) is 13.4. The maximum atomic E-state index is 13.6. The van der Waals surface area contributed by atoms with Gasteiger partial charge in [0, 0.05) is 26.4 Å². The predicted octanol–water partition coefficient (Wildman–Crippen LogP) is 2.88. The number of aryl methyl sites for hydroxylation is 1. The van der Waals surface area contributed by atoms with Crippen LogP contribution < -0.4 is 16.0 Å². The molecular weight excluding hydrogens is 492 g/mol. The fourth-order valence-corrected chi connectivity index (χ4v) is 5.43. The van der Waals surface area contributed by atoms with Gasteiger partial charge in [-0.2, -0.15) is 0 Å². The number of halogens is 1. The molecule has 37 heavy (non-hydrogen) atoms. The van der Waals surface area contributed by atoms with Gasteiger partial charge in [0.1, 0.15) is 6.04 Å². The Balaban J connectivity index is 0.00000481. The molecule has 0 bridgehead atoms. The highest BCUT2D eigenvalue weighted by atomic mass is 35.5. The summed E-state index contributed by atoms with van der Waals surface area (Å²) < 4.78 is 0. The number of Topliss-reactive ketones (excluding diaryl/α,β-unsaturated/α-hetero) is 1. The number of hydrogen-bond acceptors (Lipinski definition) is 5. The standard InChI is InChI=1S/C28H42N4O4.ClH/c1-19(29-3)27(35)31-24(14-6-7-16-30-20(2)33)28(36)32-17-9-15-25(32)26(34)18-22-12-8-11-21-10-4-5-13-23(21)22;/h4-5,10,13,19,22,24-25,29H,6-9,11-12,14-18H2,1-3H3,(H,30,33)(H,31,35);1H/t19-,22-,24-,25-;/m0./s1. The van der Waals surface area contributed by atoms with Crippen molar-refractivity contribution in [2.24, 2.45) is 0 Å². The molecule has 0 aromatic heterocycles. The lowest BCUT2D eigenvalue weighted by Crippen LogP contribution is -2.54. The molecule has 0 spiro atoms. The van der Waals surface area contributed by atoms with E-state index in [1.54, 1.807) is 18.9 Å². The van der Waals surface area contributed by atoms with E-state index in [1.807, 2.05) is 6.07 Å². The summed E-state index contributed by atoms with van der Waals surface area (Å²) in [5.41, 5.74) is 2.61. The first-order valence-corrected chi connectivity index (χ1v) is 13.4. The Bertz CT molecular complexity index is 941. The average molecular weight is 535 g/mol. The number of carbonyl (C=O) groups is 4. The van der Waals surface area contributed by atoms with Crippen LogP contribution in [0.2, 0.25) is 0 Å². The summed E-state index contributed by atoms with van der Waals surface area (Å²) in [6.45, 7) is 4.29. The van der Waals surface area contributed by atoms with Gasteiger partial charge in [-0.3, -0.25) is 19.2 Å². The van der Waals surface area contributed by atoms with E-state index in [9.17, 15) is 19.2 Å². The molecule has 1 aromatic carbocycles. The maximum absolute atomic E-state index is 13.6. The molecule has 1 aliphatic heterocycles. The number of benzene rings is 1. The number of fused-ring (bicyclic) bond motifs is 1. The van der Waals surface area contributed by atoms with Crippen LogP contribution in [0.1, 0.15) is 82.3 Å². The van der Waals surface area contributed by atoms with Crippen LogP contribution in [0.5, 0.6) is 0 Å². The van der Waals surface area contributed by atoms with Crippen molar-refractivity contribution in [2.45, 2.75) is 95.7 Å². The van der Waals surface area contributed by atoms with E-state index in [4.69, 9.17) is 0 Å². The highest BCUT2D eigenvalue weighted by molar-refractivity contribution is 5.94. The normalized spacial score (nSPS) is 20.2. The van der Waals surface area contributed by atoms with Crippen molar-refractivity contribution in [3.63, 3.8) is 0 Å². The van der Waals surface area contributed by atoms with Crippen LogP contribution in [0.3, 0.4) is 0 Å². The number of rotatable bonds is 12. The van der Waals surface area contributed by atoms with Gasteiger partial charge in [-0.05, 0) is 82.4 Å². The number of likely N-dealkylation sites (N-methyl/N-ethyl adjacent to an activating group) is 1. The molecular formula is C28H43ClN4O4. The fraction of sp³-hybridized carbons (Fsp3) is 0.643. The zero-order valence-corrected chi connectivity index (χ0v) is 23.2. The van der Waals surface area contributed by atoms with Crippen molar-refractivity contribution in [2.75, 3.05) is 20.1 Å². The summed E-state index contributed by atoms with van der Waals surface area (Å²) in [4.78, 5) is 52.5. The number of unbranched alkanes of at least 4 members (excludes halogenated alkanes) is 1. The molecule has 1 heterocycles. The van der Waals surface area contributed by atoms with Gasteiger partial charge in [0.25, 0.3) is 0 Å². The van der Waals surface area contributed by atoms with Gasteiger partial charge in [-0.1, -0.05) is 24.3 Å². The van der Waals surface area contributed by atoms with Crippen molar-refractivity contribution < 1.29 is 19.2 Å². The summed E-state index contributed by atoms with van der Waals surface area (Å²) in [5, 5.41) is 8.58. The Morgan fingerprint density at radius 3 is 2.57 bits per heavy atom. The van der Waals surface area contributed by atoms with E-state index in [-0.39, 0.29) is 41.8 Å². The fourth-order valence-electron chi connectivity index (χ4n) is 5.43. The van der Waals surface area contributed by atoms with Crippen molar-refractivity contribution in [1.82, 2.24) is 20.9 Å². The molecule has 2 aliphatic rings. The molecule has 1 aliphatic carbocycles. The Labute approximate surface area is 227 Å². The molecule has 0 radical (unpaired) electrons. The van der Waals surface area contributed by atoms with Crippen LogP contribution in [-0.2, 0) is 25.6 Å². The minimum atomic E-state index is -0.686. The zero-order valence-electron chi connectivity index (χ0n) is 22.4. The van der Waals surface area contributed by atoms with E-state index in [0.717, 1.165) is 25.7 Å². The first-order chi connectivity index (χ1) is 17.3. The summed E-state index contributed by atoms with van der Waals surface area (Å²) in [7, 11) is 1.70. The van der Waals surface area contributed by atoms with Crippen LogP contribution in [0, 0.1) is 0 Å². The zero-order chi connectivity index (χ0) is 26.1. The van der Waals surface area contributed by atoms with Gasteiger partial charge in [-0.15, -0.1) is 12.4 Å². The van der Waals surface area contributed by atoms with Crippen LogP contribution in [0.15, 0.2) is 24.3 Å². The molecule has 1 saturated heterocycles. The van der Waals surface area contributed by atoms with Gasteiger partial charge in [-0.25, -0.2) is 0 Å². The van der Waals surface area contributed by atoms with Crippen LogP contribution >= 0.6 is 12.4 Å². The second-order valence-electron chi connectivity index (χ2n) is 10.2. The Hall–Kier alpha value is -2.45. The quantitative estimate of drug-likeness (QED) is 0.357. The third kappa shape index (κ3) is 8.54. The molecule has 8 nitrogen and oxygen atoms in total. The molecule has 1 fully saturated rings. The minimum Gasteiger partial charge on any atom is -0.356 e. The molecule has 0 unspecified atom stereocenters. The van der Waals surface area contributed by atoms with Crippen LogP contribution in [-0.4, -0.2) is 66.7 Å². The monoisotopic (exact) mass is 534 g/mol. The number of ketones is 1. The van der Waals surface area contributed by atoms with Gasteiger partial charge in [0.15, 0.2) is 5.78 Å². The van der Waals surface area contributed by atoms with Gasteiger partial charge >= 0.3 is 0 Å². The Kier molecular flexibility index (Phi) is 12.5. The molecule has 1 aromatic rings. The van der Waals surface area contributed by atoms with E-state index >= 15 is 0 Å². The first kappa shape index (κ1) is 30.8. The average Bonchev–Trinajstić information content (AvgIpc) is 3.37. The highest BCUT2D eigenvalue weighted by Gasteiger charge is 2.38. The lowest BCUT2D eigenvalue weighted by Gasteiger charge is -2.31. The molecule has 3 N–H and O–H groups in total. The predicted molar refractivity (Wildman–Crippen MR) is 147 cm³/mol. The van der Waals surface area contributed by atoms with Gasteiger partial charge in [0.05, 0.1) is 12.1 Å². The number of amides is 3. The lowest BCUT2D eigenvalue weighted by molar-refractivity contribution is -0.141. The molecule has 0 saturated carbocycles. The van der Waals surface area contributed by atoms with E-state index in [0.29, 0.717) is 45.2 Å². The largest absolute Gasteiger partial charge is 0.356 e. The van der Waals surface area contributed by atoms with Crippen molar-refractivity contribution in [1.29, 1.82) is 0 Å². The van der Waals surface area contributed by atoms with E-state index in [2.05, 4.69) is 34.1 Å². The maximum Gasteiger partial charge on any atom is 0.245 e. The Morgan fingerprint density at radius 1 is 1.08 bits per heavy atom. The van der Waals surface area contributed by atoms with Gasteiger partial charge < -0.3 is 20.9 Å². The van der Waals surface area contributed by atoms with E-state index in [1.165, 1.54) is 18.1 Å². The summed E-state index contributed by atoms with van der Waals surface area (Å²) in [5.74, 6) is -0.162. The smallest absolute Gasteiger partial charge is 0.245 e. The summed E-state index contributed by atoms with van der Waals surface area (Å²) in [6.07, 6.45) is 6.92. The SMILES string of the molecule is CN[C@@H](C)C(=O)N[C@@H](CCCCNC(C)=O)C(=O)N1CCC[C@H]1C(=O)C[C@@H]1CCCc2ccccc21.Cl. The van der Waals surface area contributed by atoms with Crippen LogP contribution in [0.4, 0.5) is 0 Å². The van der Waals surface area contributed by atoms with Crippen LogP contribution in [0.25, 0.3) is 0 Å². The van der Waals surface area contributed by atoms with Crippen molar-refractivity contribution >= 4 is 35.9 Å². The molecule has 206 valence electrons. The molecule has 3 amide bonds. The molecule has 4 atom stereocenters. The minimum absolute atomic E-state index is 0. The summed E-state index contributed by atoms with van der Waals surface area (Å²) >= 11 is 0. The van der Waals surface area contributed by atoms with Crippen molar-refractivity contribution in [3.8, 4) is 0 Å². The van der Waals surface area contributed by atoms with Crippen molar-refractivity contribution in [3.05, 3.63) is 35.4 Å². The Morgan fingerprint density at radius 2 is 1.84 bits per heavy atom. The summed E-state index contributed by atoms with van der Waals surface area (Å²) in [6, 6.07) is 6.85. The third-order valence-electron chi connectivity index (χ3n) is 7.58.